The van der Waals surface area contributed by atoms with E-state index >= 15 is 0 Å². The molecule has 0 unspecified atom stereocenters. The van der Waals surface area contributed by atoms with Gasteiger partial charge in [0.1, 0.15) is 0 Å². The molecule has 3 nitrogen and oxygen atoms in total. The highest BCUT2D eigenvalue weighted by atomic mass is 16.6. The van der Waals surface area contributed by atoms with Crippen LogP contribution in [0.4, 0.5) is 0 Å². The number of unbranched alkanes of at least 4 members (excludes halogenated alkanes) is 12. The Hall–Kier alpha value is -1.38. The van der Waals surface area contributed by atoms with Crippen LogP contribution in [0.25, 0.3) is 0 Å². The second-order valence-corrected chi connectivity index (χ2v) is 7.07. The molecule has 1 rings (SSSR count). The van der Waals surface area contributed by atoms with Crippen molar-refractivity contribution >= 4 is 11.9 Å². The summed E-state index contributed by atoms with van der Waals surface area (Å²) in [7, 11) is 0. The van der Waals surface area contributed by atoms with Crippen LogP contribution in [0, 0.1) is 0 Å². The van der Waals surface area contributed by atoms with Crippen molar-refractivity contribution < 1.29 is 14.3 Å². The molecule has 0 bridgehead atoms. The van der Waals surface area contributed by atoms with Gasteiger partial charge < -0.3 is 4.74 Å². The van der Waals surface area contributed by atoms with Crippen LogP contribution in [-0.2, 0) is 14.3 Å². The second-order valence-electron chi connectivity index (χ2n) is 7.07. The van der Waals surface area contributed by atoms with Crippen molar-refractivity contribution in [3.63, 3.8) is 0 Å². The topological polar surface area (TPSA) is 43.4 Å². The van der Waals surface area contributed by atoms with Crippen LogP contribution in [0.2, 0.25) is 0 Å². The highest BCUT2D eigenvalue weighted by molar-refractivity contribution is 6.08. The molecule has 1 aliphatic heterocycles. The van der Waals surface area contributed by atoms with Crippen molar-refractivity contribution in [1.82, 2.24) is 0 Å². The van der Waals surface area contributed by atoms with E-state index in [9.17, 15) is 9.59 Å². The highest BCUT2D eigenvalue weighted by Gasteiger charge is 2.22. The highest BCUT2D eigenvalue weighted by Crippen LogP contribution is 2.17. The van der Waals surface area contributed by atoms with Crippen molar-refractivity contribution in [2.24, 2.45) is 0 Å². The number of cyclic esters (lactones) is 2. The van der Waals surface area contributed by atoms with Crippen molar-refractivity contribution in [3.8, 4) is 0 Å². The minimum absolute atomic E-state index is 0.447. The minimum atomic E-state index is -0.510. The molecule has 0 aromatic heterocycles. The predicted molar refractivity (Wildman–Crippen MR) is 103 cm³/mol. The fourth-order valence-corrected chi connectivity index (χ4v) is 3.12. The largest absolute Gasteiger partial charge is 0.386 e. The molecule has 0 radical (unpaired) electrons. The van der Waals surface area contributed by atoms with E-state index in [1.807, 2.05) is 0 Å². The fourth-order valence-electron chi connectivity index (χ4n) is 3.12. The smallest absolute Gasteiger partial charge is 0.342 e. The lowest BCUT2D eigenvalue weighted by Crippen LogP contribution is -2.01. The molecule has 0 N–H and O–H groups in total. The Morgan fingerprint density at radius 3 is 1.80 bits per heavy atom. The van der Waals surface area contributed by atoms with Crippen LogP contribution >= 0.6 is 0 Å². The number of esters is 2. The predicted octanol–water partition coefficient (Wildman–Crippen LogP) is 6.42. The van der Waals surface area contributed by atoms with E-state index in [2.05, 4.69) is 23.8 Å². The summed E-state index contributed by atoms with van der Waals surface area (Å²) < 4.78 is 4.48. The molecule has 3 heteroatoms. The number of hydrogen-bond donors (Lipinski definition) is 0. The summed E-state index contributed by atoms with van der Waals surface area (Å²) in [6, 6.07) is 0. The average Bonchev–Trinajstić information content (AvgIpc) is 2.92. The lowest BCUT2D eigenvalue weighted by atomic mass is 10.0. The number of hydrogen-bond acceptors (Lipinski definition) is 3. The van der Waals surface area contributed by atoms with E-state index in [0.29, 0.717) is 12.0 Å². The van der Waals surface area contributed by atoms with Crippen LogP contribution in [0.5, 0.6) is 0 Å². The zero-order valence-corrected chi connectivity index (χ0v) is 16.1. The zero-order valence-electron chi connectivity index (χ0n) is 16.1. The van der Waals surface area contributed by atoms with Crippen LogP contribution in [-0.4, -0.2) is 11.9 Å². The van der Waals surface area contributed by atoms with E-state index in [4.69, 9.17) is 0 Å². The molecule has 0 amide bonds. The van der Waals surface area contributed by atoms with Gasteiger partial charge >= 0.3 is 11.9 Å². The van der Waals surface area contributed by atoms with E-state index < -0.39 is 11.9 Å². The van der Waals surface area contributed by atoms with Crippen LogP contribution < -0.4 is 0 Å². The van der Waals surface area contributed by atoms with E-state index in [0.717, 1.165) is 12.8 Å². The third-order valence-electron chi connectivity index (χ3n) is 4.71. The zero-order chi connectivity index (χ0) is 18.2. The Labute approximate surface area is 153 Å². The molecule has 0 saturated heterocycles. The second kappa shape index (κ2) is 14.9. The molecule has 0 aromatic rings. The van der Waals surface area contributed by atoms with Crippen molar-refractivity contribution in [2.45, 2.75) is 103 Å². The summed E-state index contributed by atoms with van der Waals surface area (Å²) >= 11 is 0. The Kier molecular flexibility index (Phi) is 12.9. The number of rotatable bonds is 16. The molecule has 0 aromatic carbocycles. The van der Waals surface area contributed by atoms with Crippen LogP contribution in [0.1, 0.15) is 103 Å². The van der Waals surface area contributed by atoms with Gasteiger partial charge in [-0.3, -0.25) is 0 Å². The summed E-state index contributed by atoms with van der Waals surface area (Å²) in [5, 5.41) is 0. The monoisotopic (exact) mass is 348 g/mol. The van der Waals surface area contributed by atoms with Gasteiger partial charge in [0.25, 0.3) is 0 Å². The Bertz CT molecular complexity index is 435. The molecule has 0 spiro atoms. The van der Waals surface area contributed by atoms with Crippen LogP contribution in [0.3, 0.4) is 0 Å². The summed E-state index contributed by atoms with van der Waals surface area (Å²) in [4.78, 5) is 22.2. The van der Waals surface area contributed by atoms with Gasteiger partial charge in [-0.1, -0.05) is 76.9 Å². The van der Waals surface area contributed by atoms with Crippen molar-refractivity contribution in [2.75, 3.05) is 0 Å². The Morgan fingerprint density at radius 2 is 1.28 bits per heavy atom. The first-order valence-corrected chi connectivity index (χ1v) is 10.4. The van der Waals surface area contributed by atoms with Gasteiger partial charge in [0.2, 0.25) is 0 Å². The summed E-state index contributed by atoms with van der Waals surface area (Å²) in [5.41, 5.74) is 0.542. The third kappa shape index (κ3) is 11.7. The van der Waals surface area contributed by atoms with E-state index in [1.165, 1.54) is 83.1 Å². The number of allylic oxidation sites excluding steroid dienone is 2. The molecular formula is C22H36O3. The Morgan fingerprint density at radius 1 is 0.760 bits per heavy atom. The van der Waals surface area contributed by atoms with Crippen molar-refractivity contribution in [3.05, 3.63) is 23.8 Å². The summed E-state index contributed by atoms with van der Waals surface area (Å²) in [6.45, 7) is 2.26. The van der Waals surface area contributed by atoms with Crippen molar-refractivity contribution in [1.29, 1.82) is 0 Å². The van der Waals surface area contributed by atoms with Gasteiger partial charge in [-0.05, 0) is 38.5 Å². The third-order valence-corrected chi connectivity index (χ3v) is 4.71. The first-order chi connectivity index (χ1) is 12.2. The summed E-state index contributed by atoms with van der Waals surface area (Å²) in [6.07, 6.45) is 24.5. The fraction of sp³-hybridized carbons (Fsp3) is 0.727. The Balaban J connectivity index is 1.80. The molecule has 0 atom stereocenters. The maximum Gasteiger partial charge on any atom is 0.342 e. The van der Waals surface area contributed by atoms with E-state index in [1.54, 1.807) is 0 Å². The lowest BCUT2D eigenvalue weighted by molar-refractivity contribution is -0.150. The molecule has 25 heavy (non-hydrogen) atoms. The van der Waals surface area contributed by atoms with Gasteiger partial charge in [-0.2, -0.15) is 0 Å². The molecule has 0 fully saturated rings. The minimum Gasteiger partial charge on any atom is -0.386 e. The quantitative estimate of drug-likeness (QED) is 0.140. The average molecular weight is 349 g/mol. The van der Waals surface area contributed by atoms with Crippen LogP contribution in [0.15, 0.2) is 23.8 Å². The SMILES string of the molecule is CCCCCCCC/C=C\CCCCCCCCC1=CC(=O)OC1=O. The number of ether oxygens (including phenoxy) is 1. The van der Waals surface area contributed by atoms with Gasteiger partial charge in [0, 0.05) is 11.6 Å². The molecular weight excluding hydrogens is 312 g/mol. The first kappa shape index (κ1) is 21.7. The maximum atomic E-state index is 11.3. The van der Waals surface area contributed by atoms with E-state index in [-0.39, 0.29) is 0 Å². The molecule has 1 heterocycles. The number of carbonyl (C=O) groups is 2. The maximum absolute atomic E-state index is 11.3. The molecule has 0 aliphatic carbocycles. The lowest BCUT2D eigenvalue weighted by Gasteiger charge is -2.01. The number of carbonyl (C=O) groups excluding carboxylic acids is 2. The normalized spacial score (nSPS) is 14.4. The summed E-state index contributed by atoms with van der Waals surface area (Å²) in [5.74, 6) is -0.956. The van der Waals surface area contributed by atoms with Gasteiger partial charge in [-0.25, -0.2) is 9.59 Å². The first-order valence-electron chi connectivity index (χ1n) is 10.4. The van der Waals surface area contributed by atoms with Gasteiger partial charge in [-0.15, -0.1) is 0 Å². The standard InChI is InChI=1S/C22H36O3/c1-2-3-4-5-6-7-8-9-10-11-12-13-14-15-16-17-18-20-19-21(23)25-22(20)24/h9-10,19H,2-8,11-18H2,1H3/b10-9-. The molecule has 1 aliphatic rings. The molecule has 0 saturated carbocycles. The molecule has 142 valence electrons. The van der Waals surface area contributed by atoms with Gasteiger partial charge in [0.15, 0.2) is 0 Å². The van der Waals surface area contributed by atoms with Gasteiger partial charge in [0.05, 0.1) is 0 Å².